The minimum Gasteiger partial charge on any atom is -0.258 e. The summed E-state index contributed by atoms with van der Waals surface area (Å²) in [6.07, 6.45) is 2.97. The van der Waals surface area contributed by atoms with Crippen LogP contribution >= 0.6 is 11.8 Å². The molecule has 0 atom stereocenters. The third kappa shape index (κ3) is 2.10. The normalized spacial score (nSPS) is 10.1. The number of aromatic amines is 1. The zero-order valence-electron chi connectivity index (χ0n) is 7.32. The molecule has 2 rings (SSSR count). The summed E-state index contributed by atoms with van der Waals surface area (Å²) >= 11 is 1.09. The largest absolute Gasteiger partial charge is 0.301 e. The monoisotopic (exact) mass is 223 g/mol. The van der Waals surface area contributed by atoms with E-state index in [4.69, 9.17) is 0 Å². The fraction of sp³-hybridized carbons (Fsp3) is 0. The molecule has 0 aromatic carbocycles. The summed E-state index contributed by atoms with van der Waals surface area (Å²) in [6, 6.07) is 2.92. The molecule has 7 nitrogen and oxygen atoms in total. The van der Waals surface area contributed by atoms with Crippen molar-refractivity contribution in [2.45, 2.75) is 10.1 Å². The third-order valence-corrected chi connectivity index (χ3v) is 2.46. The molecule has 0 saturated heterocycles. The molecule has 2 aromatic heterocycles. The number of hydrogen-bond acceptors (Lipinski definition) is 6. The Morgan fingerprint density at radius 2 is 2.40 bits per heavy atom. The summed E-state index contributed by atoms with van der Waals surface area (Å²) in [6.45, 7) is 0. The Hall–Kier alpha value is -1.96. The summed E-state index contributed by atoms with van der Waals surface area (Å²) in [4.78, 5) is 14.1. The minimum absolute atomic E-state index is 0.0366. The number of pyridine rings is 1. The maximum absolute atomic E-state index is 10.7. The van der Waals surface area contributed by atoms with Gasteiger partial charge >= 0.3 is 5.69 Å². The van der Waals surface area contributed by atoms with Gasteiger partial charge in [-0.05, 0) is 17.8 Å². The maximum Gasteiger partial charge on any atom is 0.301 e. The molecular formula is C7H5N5O2S. The van der Waals surface area contributed by atoms with E-state index in [2.05, 4.69) is 20.4 Å². The lowest BCUT2D eigenvalue weighted by molar-refractivity contribution is -0.388. The van der Waals surface area contributed by atoms with Crippen molar-refractivity contribution in [2.24, 2.45) is 0 Å². The van der Waals surface area contributed by atoms with Gasteiger partial charge in [-0.3, -0.25) is 10.1 Å². The molecule has 2 heterocycles. The van der Waals surface area contributed by atoms with Crippen molar-refractivity contribution in [3.63, 3.8) is 0 Å². The fourth-order valence-corrected chi connectivity index (χ4v) is 1.69. The number of H-pyrrole nitrogens is 1. The van der Waals surface area contributed by atoms with Crippen LogP contribution in [-0.4, -0.2) is 25.3 Å². The Labute approximate surface area is 88.1 Å². The first kappa shape index (κ1) is 9.59. The first-order valence-electron chi connectivity index (χ1n) is 3.90. The fourth-order valence-electron chi connectivity index (χ4n) is 0.939. The second kappa shape index (κ2) is 4.05. The standard InChI is InChI=1S/C7H5N5O2S/c13-12(14)5-2-1-3-8-7(5)15-6-4-9-11-10-6/h1-4H,(H,9,10,11). The van der Waals surface area contributed by atoms with Gasteiger partial charge < -0.3 is 0 Å². The van der Waals surface area contributed by atoms with Gasteiger partial charge in [0, 0.05) is 12.3 Å². The topological polar surface area (TPSA) is 97.6 Å². The molecule has 0 radical (unpaired) electrons. The SMILES string of the molecule is O=[N+]([O-])c1cccnc1Sc1cn[nH]n1. The van der Waals surface area contributed by atoms with Crippen molar-refractivity contribution in [1.29, 1.82) is 0 Å². The van der Waals surface area contributed by atoms with Crippen molar-refractivity contribution in [2.75, 3.05) is 0 Å². The first-order chi connectivity index (χ1) is 7.27. The molecular weight excluding hydrogens is 218 g/mol. The second-order valence-electron chi connectivity index (χ2n) is 2.50. The van der Waals surface area contributed by atoms with E-state index in [0.29, 0.717) is 10.1 Å². The molecule has 0 fully saturated rings. The summed E-state index contributed by atoms with van der Waals surface area (Å²) in [5.41, 5.74) is -0.0366. The van der Waals surface area contributed by atoms with Crippen LogP contribution in [0.15, 0.2) is 34.6 Å². The molecule has 2 aromatic rings. The zero-order valence-corrected chi connectivity index (χ0v) is 8.14. The van der Waals surface area contributed by atoms with Crippen LogP contribution in [0.25, 0.3) is 0 Å². The molecule has 15 heavy (non-hydrogen) atoms. The molecule has 0 spiro atoms. The lowest BCUT2D eigenvalue weighted by Gasteiger charge is -1.97. The van der Waals surface area contributed by atoms with Crippen LogP contribution < -0.4 is 0 Å². The predicted octanol–water partition coefficient (Wildman–Crippen LogP) is 1.26. The smallest absolute Gasteiger partial charge is 0.258 e. The van der Waals surface area contributed by atoms with Gasteiger partial charge in [0.2, 0.25) is 0 Å². The van der Waals surface area contributed by atoms with E-state index >= 15 is 0 Å². The summed E-state index contributed by atoms with van der Waals surface area (Å²) in [5, 5.41) is 21.3. The van der Waals surface area contributed by atoms with Crippen molar-refractivity contribution in [1.82, 2.24) is 20.4 Å². The highest BCUT2D eigenvalue weighted by molar-refractivity contribution is 7.99. The highest BCUT2D eigenvalue weighted by atomic mass is 32.2. The molecule has 0 saturated carbocycles. The van der Waals surface area contributed by atoms with E-state index in [1.165, 1.54) is 24.5 Å². The van der Waals surface area contributed by atoms with Crippen LogP contribution in [0.4, 0.5) is 5.69 Å². The first-order valence-corrected chi connectivity index (χ1v) is 4.72. The lowest BCUT2D eigenvalue weighted by Crippen LogP contribution is -1.92. The molecule has 0 aliphatic carbocycles. The Kier molecular flexibility index (Phi) is 2.59. The Bertz CT molecular complexity index is 472. The lowest BCUT2D eigenvalue weighted by atomic mass is 10.4. The van der Waals surface area contributed by atoms with Crippen molar-refractivity contribution in [3.05, 3.63) is 34.6 Å². The zero-order chi connectivity index (χ0) is 10.7. The summed E-state index contributed by atoms with van der Waals surface area (Å²) in [7, 11) is 0. The number of hydrogen-bond donors (Lipinski definition) is 1. The van der Waals surface area contributed by atoms with Gasteiger partial charge in [0.05, 0.1) is 11.1 Å². The van der Waals surface area contributed by atoms with Crippen LogP contribution in [0.1, 0.15) is 0 Å². The molecule has 1 N–H and O–H groups in total. The molecule has 0 amide bonds. The quantitative estimate of drug-likeness (QED) is 0.621. The molecule has 0 unspecified atom stereocenters. The molecule has 0 bridgehead atoms. The van der Waals surface area contributed by atoms with Gasteiger partial charge in [0.25, 0.3) is 0 Å². The predicted molar refractivity (Wildman–Crippen MR) is 51.4 cm³/mol. The Morgan fingerprint density at radius 3 is 3.07 bits per heavy atom. The second-order valence-corrected chi connectivity index (χ2v) is 3.50. The third-order valence-electron chi connectivity index (χ3n) is 1.54. The Morgan fingerprint density at radius 1 is 1.53 bits per heavy atom. The van der Waals surface area contributed by atoms with Gasteiger partial charge in [0.1, 0.15) is 5.03 Å². The molecule has 0 aliphatic rings. The van der Waals surface area contributed by atoms with Crippen molar-refractivity contribution < 1.29 is 4.92 Å². The highest BCUT2D eigenvalue weighted by Crippen LogP contribution is 2.30. The van der Waals surface area contributed by atoms with Gasteiger partial charge in [-0.15, -0.1) is 5.10 Å². The number of nitro groups is 1. The summed E-state index contributed by atoms with van der Waals surface area (Å²) < 4.78 is 0. The number of nitrogens with zero attached hydrogens (tertiary/aromatic N) is 4. The maximum atomic E-state index is 10.7. The molecule has 8 heteroatoms. The average molecular weight is 223 g/mol. The number of nitrogens with one attached hydrogen (secondary N) is 1. The van der Waals surface area contributed by atoms with E-state index in [1.54, 1.807) is 0 Å². The van der Waals surface area contributed by atoms with Crippen molar-refractivity contribution >= 4 is 17.4 Å². The van der Waals surface area contributed by atoms with Crippen LogP contribution in [0.3, 0.4) is 0 Å². The number of rotatable bonds is 3. The molecule has 0 aliphatic heterocycles. The van der Waals surface area contributed by atoms with E-state index < -0.39 is 4.92 Å². The van der Waals surface area contributed by atoms with E-state index in [1.807, 2.05) is 0 Å². The average Bonchev–Trinajstić information content (AvgIpc) is 2.71. The van der Waals surface area contributed by atoms with Crippen LogP contribution in [0, 0.1) is 10.1 Å². The minimum atomic E-state index is -0.477. The van der Waals surface area contributed by atoms with E-state index in [-0.39, 0.29) is 5.69 Å². The van der Waals surface area contributed by atoms with E-state index in [9.17, 15) is 10.1 Å². The van der Waals surface area contributed by atoms with Crippen molar-refractivity contribution in [3.8, 4) is 0 Å². The van der Waals surface area contributed by atoms with Gasteiger partial charge in [-0.25, -0.2) is 4.98 Å². The van der Waals surface area contributed by atoms with Crippen LogP contribution in [0.5, 0.6) is 0 Å². The van der Waals surface area contributed by atoms with Gasteiger partial charge in [-0.2, -0.15) is 10.3 Å². The Balaban J connectivity index is 2.32. The highest BCUT2D eigenvalue weighted by Gasteiger charge is 2.15. The van der Waals surface area contributed by atoms with E-state index in [0.717, 1.165) is 11.8 Å². The van der Waals surface area contributed by atoms with Gasteiger partial charge in [-0.1, -0.05) is 0 Å². The van der Waals surface area contributed by atoms with Gasteiger partial charge in [0.15, 0.2) is 5.03 Å². The number of aromatic nitrogens is 4. The van der Waals surface area contributed by atoms with Crippen LogP contribution in [-0.2, 0) is 0 Å². The summed E-state index contributed by atoms with van der Waals surface area (Å²) in [5.74, 6) is 0. The molecule has 76 valence electrons. The van der Waals surface area contributed by atoms with Crippen LogP contribution in [0.2, 0.25) is 0 Å².